The van der Waals surface area contributed by atoms with Crippen molar-refractivity contribution in [2.75, 3.05) is 33.3 Å². The van der Waals surface area contributed by atoms with Crippen molar-refractivity contribution in [2.24, 2.45) is 0 Å². The van der Waals surface area contributed by atoms with Crippen molar-refractivity contribution in [3.63, 3.8) is 0 Å². The van der Waals surface area contributed by atoms with Crippen LogP contribution >= 0.6 is 11.3 Å². The van der Waals surface area contributed by atoms with Crippen LogP contribution in [0.5, 0.6) is 5.75 Å². The van der Waals surface area contributed by atoms with Gasteiger partial charge in [-0.3, -0.25) is 9.78 Å². The minimum atomic E-state index is -0.0182. The van der Waals surface area contributed by atoms with Gasteiger partial charge in [0.05, 0.1) is 12.6 Å². The predicted molar refractivity (Wildman–Crippen MR) is 127 cm³/mol. The van der Waals surface area contributed by atoms with E-state index in [1.165, 1.54) is 24.2 Å². The number of amides is 1. The Morgan fingerprint density at radius 1 is 1.13 bits per heavy atom. The number of likely N-dealkylation sites (tertiary alicyclic amines) is 1. The number of hydrogen-bond donors (Lipinski definition) is 1. The lowest BCUT2D eigenvalue weighted by Gasteiger charge is -2.14. The fourth-order valence-corrected chi connectivity index (χ4v) is 5.54. The molecule has 5 nitrogen and oxygen atoms in total. The molecular formula is C25H25N3O2S. The van der Waals surface area contributed by atoms with Gasteiger partial charge >= 0.3 is 0 Å². The van der Waals surface area contributed by atoms with Crippen molar-refractivity contribution < 1.29 is 9.53 Å². The van der Waals surface area contributed by atoms with E-state index in [0.29, 0.717) is 6.54 Å². The van der Waals surface area contributed by atoms with Gasteiger partial charge in [-0.2, -0.15) is 0 Å². The number of ether oxygens (including phenoxy) is 1. The first-order valence-electron chi connectivity index (χ1n) is 10.7. The molecule has 6 heteroatoms. The third kappa shape index (κ3) is 3.89. The Bertz CT molecular complexity index is 1230. The number of hydrogen-bond acceptors (Lipinski definition) is 5. The Morgan fingerprint density at radius 2 is 1.94 bits per heavy atom. The second kappa shape index (κ2) is 8.65. The summed E-state index contributed by atoms with van der Waals surface area (Å²) in [6.07, 6.45) is 4.40. The average Bonchev–Trinajstić information content (AvgIpc) is 3.47. The van der Waals surface area contributed by atoms with Crippen LogP contribution in [0.4, 0.5) is 0 Å². The van der Waals surface area contributed by atoms with Crippen molar-refractivity contribution >= 4 is 38.2 Å². The van der Waals surface area contributed by atoms with Gasteiger partial charge in [0.1, 0.15) is 10.6 Å². The highest BCUT2D eigenvalue weighted by Gasteiger charge is 2.22. The van der Waals surface area contributed by atoms with Gasteiger partial charge in [0.25, 0.3) is 5.91 Å². The highest BCUT2D eigenvalue weighted by atomic mass is 32.1. The van der Waals surface area contributed by atoms with E-state index in [1.54, 1.807) is 7.11 Å². The lowest BCUT2D eigenvalue weighted by molar-refractivity contribution is 0.0954. The zero-order valence-electron chi connectivity index (χ0n) is 17.6. The monoisotopic (exact) mass is 431 g/mol. The predicted octanol–water partition coefficient (Wildman–Crippen LogP) is 4.95. The molecule has 2 aromatic heterocycles. The molecule has 3 heterocycles. The lowest BCUT2D eigenvalue weighted by Crippen LogP contribution is -2.33. The van der Waals surface area contributed by atoms with Crippen LogP contribution in [0.15, 0.2) is 54.7 Å². The summed E-state index contributed by atoms with van der Waals surface area (Å²) in [6.45, 7) is 3.83. The Kier molecular flexibility index (Phi) is 5.57. The third-order valence-electron chi connectivity index (χ3n) is 5.91. The minimum absolute atomic E-state index is 0.0182. The maximum absolute atomic E-state index is 13.3. The molecule has 0 atom stereocenters. The molecule has 0 bridgehead atoms. The number of carbonyl (C=O) groups is 1. The Balaban J connectivity index is 1.58. The van der Waals surface area contributed by atoms with E-state index in [0.717, 1.165) is 62.4 Å². The first kappa shape index (κ1) is 20.0. The van der Waals surface area contributed by atoms with Crippen LogP contribution in [0.1, 0.15) is 22.5 Å². The standard InChI is InChI=1S/C25H25N3O2S/c1-30-18-9-10-21-19(15-18)23-20(16-27-21)22(17-7-3-2-4-8-17)24(31-23)25(29)26-11-14-28-12-5-6-13-28/h2-4,7-10,15-16H,5-6,11-14H2,1H3,(H,26,29). The van der Waals surface area contributed by atoms with Gasteiger partial charge in [0.2, 0.25) is 0 Å². The number of methoxy groups -OCH3 is 1. The number of thiophene rings is 1. The van der Waals surface area contributed by atoms with E-state index < -0.39 is 0 Å². The number of nitrogens with zero attached hydrogens (tertiary/aromatic N) is 2. The van der Waals surface area contributed by atoms with Gasteiger partial charge in [-0.05, 0) is 49.7 Å². The van der Waals surface area contributed by atoms with Crippen LogP contribution in [0.25, 0.3) is 32.1 Å². The Morgan fingerprint density at radius 3 is 2.71 bits per heavy atom. The normalized spacial score (nSPS) is 14.4. The van der Waals surface area contributed by atoms with Crippen LogP contribution in [0.3, 0.4) is 0 Å². The van der Waals surface area contributed by atoms with Crippen LogP contribution in [0, 0.1) is 0 Å². The molecule has 0 spiro atoms. The molecule has 1 aliphatic heterocycles. The second-order valence-electron chi connectivity index (χ2n) is 7.86. The van der Waals surface area contributed by atoms with Gasteiger partial charge in [0, 0.05) is 40.3 Å². The first-order chi connectivity index (χ1) is 15.2. The van der Waals surface area contributed by atoms with Gasteiger partial charge in [-0.1, -0.05) is 30.3 Å². The lowest BCUT2D eigenvalue weighted by atomic mass is 10.0. The molecule has 2 aromatic carbocycles. The number of pyridine rings is 1. The quantitative estimate of drug-likeness (QED) is 0.469. The summed E-state index contributed by atoms with van der Waals surface area (Å²) in [5.41, 5.74) is 2.88. The number of carbonyl (C=O) groups excluding carboxylic acids is 1. The maximum atomic E-state index is 13.3. The van der Waals surface area contributed by atoms with Crippen molar-refractivity contribution in [1.29, 1.82) is 0 Å². The van der Waals surface area contributed by atoms with Crippen molar-refractivity contribution in [3.8, 4) is 16.9 Å². The van der Waals surface area contributed by atoms with Gasteiger partial charge in [0.15, 0.2) is 0 Å². The number of nitrogens with one attached hydrogen (secondary N) is 1. The Hall–Kier alpha value is -2.96. The van der Waals surface area contributed by atoms with Gasteiger partial charge in [-0.15, -0.1) is 11.3 Å². The van der Waals surface area contributed by atoms with Crippen LogP contribution < -0.4 is 10.1 Å². The molecule has 0 unspecified atom stereocenters. The molecule has 4 aromatic rings. The summed E-state index contributed by atoms with van der Waals surface area (Å²) in [5, 5.41) is 5.16. The van der Waals surface area contributed by atoms with E-state index in [2.05, 4.69) is 27.3 Å². The molecule has 1 fully saturated rings. The molecule has 1 aliphatic rings. The van der Waals surface area contributed by atoms with E-state index >= 15 is 0 Å². The molecule has 1 N–H and O–H groups in total. The first-order valence-corrected chi connectivity index (χ1v) is 11.5. The summed E-state index contributed by atoms with van der Waals surface area (Å²) in [7, 11) is 1.66. The molecule has 5 rings (SSSR count). The highest BCUT2D eigenvalue weighted by Crippen LogP contribution is 2.42. The number of benzene rings is 2. The number of rotatable bonds is 6. The van der Waals surface area contributed by atoms with Gasteiger partial charge in [-0.25, -0.2) is 0 Å². The summed E-state index contributed by atoms with van der Waals surface area (Å²) in [4.78, 5) is 21.1. The van der Waals surface area contributed by atoms with Crippen molar-refractivity contribution in [3.05, 3.63) is 59.6 Å². The molecule has 1 saturated heterocycles. The largest absolute Gasteiger partial charge is 0.497 e. The number of fused-ring (bicyclic) bond motifs is 3. The SMILES string of the molecule is COc1ccc2ncc3c(-c4ccccc4)c(C(=O)NCCN4CCCC4)sc3c2c1. The molecule has 1 amide bonds. The van der Waals surface area contributed by atoms with E-state index in [4.69, 9.17) is 4.74 Å². The smallest absolute Gasteiger partial charge is 0.262 e. The summed E-state index contributed by atoms with van der Waals surface area (Å²) >= 11 is 1.54. The van der Waals surface area contributed by atoms with Gasteiger partial charge < -0.3 is 15.0 Å². The van der Waals surface area contributed by atoms with Crippen LogP contribution in [-0.4, -0.2) is 49.1 Å². The summed E-state index contributed by atoms with van der Waals surface area (Å²) in [5.74, 6) is 0.767. The van der Waals surface area contributed by atoms with E-state index in [-0.39, 0.29) is 5.91 Å². The number of aromatic nitrogens is 1. The zero-order valence-corrected chi connectivity index (χ0v) is 18.4. The fraction of sp³-hybridized carbons (Fsp3) is 0.280. The molecule has 158 valence electrons. The second-order valence-corrected chi connectivity index (χ2v) is 8.88. The minimum Gasteiger partial charge on any atom is -0.497 e. The Labute approximate surface area is 185 Å². The maximum Gasteiger partial charge on any atom is 0.262 e. The topological polar surface area (TPSA) is 54.5 Å². The highest BCUT2D eigenvalue weighted by molar-refractivity contribution is 7.22. The van der Waals surface area contributed by atoms with Crippen LogP contribution in [0.2, 0.25) is 0 Å². The molecule has 0 radical (unpaired) electrons. The zero-order chi connectivity index (χ0) is 21.2. The average molecular weight is 432 g/mol. The summed E-state index contributed by atoms with van der Waals surface area (Å²) < 4.78 is 6.50. The van der Waals surface area contributed by atoms with Crippen LogP contribution in [-0.2, 0) is 0 Å². The third-order valence-corrected chi connectivity index (χ3v) is 7.14. The van der Waals surface area contributed by atoms with Crippen molar-refractivity contribution in [2.45, 2.75) is 12.8 Å². The van der Waals surface area contributed by atoms with E-state index in [9.17, 15) is 4.79 Å². The molecular weight excluding hydrogens is 406 g/mol. The fourth-order valence-electron chi connectivity index (χ4n) is 4.30. The molecule has 0 saturated carbocycles. The summed E-state index contributed by atoms with van der Waals surface area (Å²) in [6, 6.07) is 16.0. The molecule has 0 aliphatic carbocycles. The van der Waals surface area contributed by atoms with E-state index in [1.807, 2.05) is 42.6 Å². The molecule has 31 heavy (non-hydrogen) atoms. The van der Waals surface area contributed by atoms with Crippen molar-refractivity contribution in [1.82, 2.24) is 15.2 Å².